The lowest BCUT2D eigenvalue weighted by molar-refractivity contribution is -0.118. The summed E-state index contributed by atoms with van der Waals surface area (Å²) >= 11 is 7.69. The minimum absolute atomic E-state index is 0.0165. The van der Waals surface area contributed by atoms with Crippen molar-refractivity contribution in [1.82, 2.24) is 10.2 Å². The number of hydrogen-bond acceptors (Lipinski definition) is 7. The molecule has 0 saturated carbocycles. The van der Waals surface area contributed by atoms with Gasteiger partial charge in [-0.05, 0) is 29.6 Å². The highest BCUT2D eigenvalue weighted by atomic mass is 79.9. The molecule has 3 aromatic rings. The van der Waals surface area contributed by atoms with Crippen LogP contribution in [0.15, 0.2) is 44.5 Å². The van der Waals surface area contributed by atoms with Gasteiger partial charge < -0.3 is 4.74 Å². The van der Waals surface area contributed by atoms with Gasteiger partial charge >= 0.3 is 0 Å². The van der Waals surface area contributed by atoms with E-state index in [-0.39, 0.29) is 12.4 Å². The van der Waals surface area contributed by atoms with Gasteiger partial charge in [-0.2, -0.15) is 0 Å². The number of hydrogen-bond donors (Lipinski definition) is 1. The van der Waals surface area contributed by atoms with Gasteiger partial charge in [0.05, 0.1) is 0 Å². The predicted octanol–water partition coefficient (Wildman–Crippen LogP) is 4.81. The monoisotopic (exact) mass is 459 g/mol. The van der Waals surface area contributed by atoms with Crippen molar-refractivity contribution in [1.29, 1.82) is 0 Å². The van der Waals surface area contributed by atoms with E-state index in [1.165, 1.54) is 28.3 Å². The Bertz CT molecular complexity index is 858. The summed E-state index contributed by atoms with van der Waals surface area (Å²) in [5, 5.41) is 13.0. The van der Waals surface area contributed by atoms with Crippen molar-refractivity contribution in [2.75, 3.05) is 11.9 Å². The molecule has 1 amide bonds. The van der Waals surface area contributed by atoms with E-state index in [0.29, 0.717) is 9.60 Å². The van der Waals surface area contributed by atoms with Crippen LogP contribution in [-0.4, -0.2) is 22.7 Å². The fourth-order valence-corrected chi connectivity index (χ4v) is 4.61. The van der Waals surface area contributed by atoms with E-state index in [1.807, 2.05) is 11.4 Å². The Kier molecular flexibility index (Phi) is 6.40. The number of thiophene rings is 1. The number of benzene rings is 1. The van der Waals surface area contributed by atoms with Crippen LogP contribution in [0.2, 0.25) is 0 Å². The first-order valence-electron chi connectivity index (χ1n) is 6.96. The lowest BCUT2D eigenvalue weighted by Gasteiger charge is -2.06. The van der Waals surface area contributed by atoms with E-state index in [1.54, 1.807) is 29.2 Å². The Labute approximate surface area is 163 Å². The van der Waals surface area contributed by atoms with E-state index in [0.717, 1.165) is 10.1 Å². The van der Waals surface area contributed by atoms with Gasteiger partial charge in [-0.1, -0.05) is 45.1 Å². The van der Waals surface area contributed by atoms with Crippen LogP contribution in [0.25, 0.3) is 0 Å². The number of thioether (sulfide) groups is 1. The van der Waals surface area contributed by atoms with Crippen molar-refractivity contribution in [2.24, 2.45) is 0 Å². The molecule has 2 heterocycles. The average molecular weight is 460 g/mol. The maximum Gasteiger partial charge on any atom is 0.264 e. The number of amides is 1. The molecule has 130 valence electrons. The number of nitrogens with zero attached hydrogens (tertiary/aromatic N) is 2. The Balaban J connectivity index is 1.48. The molecule has 0 aliphatic rings. The van der Waals surface area contributed by atoms with Crippen LogP contribution in [0.3, 0.4) is 0 Å². The normalized spacial score (nSPS) is 10.6. The van der Waals surface area contributed by atoms with Gasteiger partial charge in [-0.3, -0.25) is 10.1 Å². The Morgan fingerprint density at radius 3 is 3.00 bits per heavy atom. The summed E-state index contributed by atoms with van der Waals surface area (Å²) in [7, 11) is 0. The van der Waals surface area contributed by atoms with Crippen molar-refractivity contribution in [3.63, 3.8) is 0 Å². The molecule has 0 aliphatic carbocycles. The zero-order valence-electron chi connectivity index (χ0n) is 12.6. The van der Waals surface area contributed by atoms with Crippen molar-refractivity contribution in [3.8, 4) is 5.75 Å². The number of anilines is 1. The summed E-state index contributed by atoms with van der Waals surface area (Å²) in [6, 6.07) is 8.42. The van der Waals surface area contributed by atoms with Crippen LogP contribution in [0.4, 0.5) is 9.52 Å². The number of carbonyl (C=O) groups is 1. The van der Waals surface area contributed by atoms with Gasteiger partial charge in [0, 0.05) is 15.1 Å². The lowest BCUT2D eigenvalue weighted by Crippen LogP contribution is -2.20. The van der Waals surface area contributed by atoms with Crippen molar-refractivity contribution >= 4 is 61.4 Å². The third kappa shape index (κ3) is 5.50. The molecular formula is C15H11BrFN3O2S3. The molecule has 1 aromatic carbocycles. The first-order chi connectivity index (χ1) is 12.1. The van der Waals surface area contributed by atoms with E-state index < -0.39 is 11.7 Å². The van der Waals surface area contributed by atoms with Crippen molar-refractivity contribution in [3.05, 3.63) is 50.9 Å². The zero-order chi connectivity index (χ0) is 17.6. The third-order valence-corrected chi connectivity index (χ3v) is 6.40. The number of halogens is 2. The largest absolute Gasteiger partial charge is 0.481 e. The van der Waals surface area contributed by atoms with Crippen LogP contribution < -0.4 is 10.1 Å². The van der Waals surface area contributed by atoms with Crippen LogP contribution >= 0.6 is 50.4 Å². The Morgan fingerprint density at radius 2 is 2.24 bits per heavy atom. The first kappa shape index (κ1) is 18.3. The summed E-state index contributed by atoms with van der Waals surface area (Å²) in [6.45, 7) is -0.310. The Hall–Kier alpha value is -1.49. The minimum Gasteiger partial charge on any atom is -0.481 e. The van der Waals surface area contributed by atoms with E-state index in [9.17, 15) is 9.18 Å². The van der Waals surface area contributed by atoms with Gasteiger partial charge in [0.25, 0.3) is 5.91 Å². The summed E-state index contributed by atoms with van der Waals surface area (Å²) in [6.07, 6.45) is 0. The summed E-state index contributed by atoms with van der Waals surface area (Å²) in [4.78, 5) is 13.1. The van der Waals surface area contributed by atoms with Crippen molar-refractivity contribution < 1.29 is 13.9 Å². The molecule has 0 spiro atoms. The van der Waals surface area contributed by atoms with Gasteiger partial charge in [0.2, 0.25) is 5.13 Å². The van der Waals surface area contributed by atoms with Gasteiger partial charge in [-0.25, -0.2) is 4.39 Å². The van der Waals surface area contributed by atoms with Crippen LogP contribution in [0.1, 0.15) is 4.88 Å². The standard InChI is InChI=1S/C15H11BrFN3O2S3/c16-9-3-4-12(11(17)6-9)22-7-13(21)18-14-19-20-15(25-14)24-8-10-2-1-5-23-10/h1-6H,7-8H2,(H,18,19,21). The van der Waals surface area contributed by atoms with E-state index in [2.05, 4.69) is 37.5 Å². The fraction of sp³-hybridized carbons (Fsp3) is 0.133. The number of aromatic nitrogens is 2. The topological polar surface area (TPSA) is 64.1 Å². The smallest absolute Gasteiger partial charge is 0.264 e. The van der Waals surface area contributed by atoms with Gasteiger partial charge in [0.15, 0.2) is 22.5 Å². The number of carbonyl (C=O) groups excluding carboxylic acids is 1. The second-order valence-electron chi connectivity index (χ2n) is 4.65. The lowest BCUT2D eigenvalue weighted by atomic mass is 10.3. The van der Waals surface area contributed by atoms with Gasteiger partial charge in [0.1, 0.15) is 0 Å². The summed E-state index contributed by atoms with van der Waals surface area (Å²) in [5.41, 5.74) is 0. The van der Waals surface area contributed by atoms with Gasteiger partial charge in [-0.15, -0.1) is 21.5 Å². The molecule has 0 aliphatic heterocycles. The summed E-state index contributed by atoms with van der Waals surface area (Å²) in [5.74, 6) is -0.131. The highest BCUT2D eigenvalue weighted by molar-refractivity contribution is 9.10. The molecule has 2 aromatic heterocycles. The molecule has 0 bridgehead atoms. The van der Waals surface area contributed by atoms with Crippen LogP contribution in [-0.2, 0) is 10.5 Å². The van der Waals surface area contributed by atoms with Crippen LogP contribution in [0.5, 0.6) is 5.75 Å². The third-order valence-electron chi connectivity index (χ3n) is 2.82. The maximum atomic E-state index is 13.6. The molecule has 5 nitrogen and oxygen atoms in total. The first-order valence-corrected chi connectivity index (χ1v) is 10.4. The fourth-order valence-electron chi connectivity index (χ4n) is 1.74. The maximum absolute atomic E-state index is 13.6. The van der Waals surface area contributed by atoms with E-state index >= 15 is 0 Å². The minimum atomic E-state index is -0.537. The second-order valence-corrected chi connectivity index (χ2v) is 8.80. The molecule has 1 N–H and O–H groups in total. The van der Waals surface area contributed by atoms with Crippen molar-refractivity contribution in [2.45, 2.75) is 10.1 Å². The zero-order valence-corrected chi connectivity index (χ0v) is 16.6. The highest BCUT2D eigenvalue weighted by Gasteiger charge is 2.11. The van der Waals surface area contributed by atoms with E-state index in [4.69, 9.17) is 4.74 Å². The SMILES string of the molecule is O=C(COc1ccc(Br)cc1F)Nc1nnc(SCc2cccs2)s1. The highest BCUT2D eigenvalue weighted by Crippen LogP contribution is 2.29. The predicted molar refractivity (Wildman–Crippen MR) is 102 cm³/mol. The molecule has 25 heavy (non-hydrogen) atoms. The van der Waals surface area contributed by atoms with Crippen LogP contribution in [0, 0.1) is 5.82 Å². The average Bonchev–Trinajstić information content (AvgIpc) is 3.23. The Morgan fingerprint density at radius 1 is 1.36 bits per heavy atom. The molecule has 3 rings (SSSR count). The molecule has 0 fully saturated rings. The molecular weight excluding hydrogens is 449 g/mol. The quantitative estimate of drug-likeness (QED) is 0.405. The summed E-state index contributed by atoms with van der Waals surface area (Å²) < 4.78 is 20.2. The molecule has 0 atom stereocenters. The molecule has 0 radical (unpaired) electrons. The number of rotatable bonds is 7. The molecule has 0 unspecified atom stereocenters. The number of nitrogens with one attached hydrogen (secondary N) is 1. The molecule has 10 heteroatoms. The number of ether oxygens (including phenoxy) is 1. The molecule has 0 saturated heterocycles. The second kappa shape index (κ2) is 8.75.